The van der Waals surface area contributed by atoms with Crippen molar-refractivity contribution in [3.63, 3.8) is 0 Å². The first-order valence-corrected chi connectivity index (χ1v) is 6.38. The molecule has 1 aromatic rings. The topological polar surface area (TPSA) is 50.3 Å². The van der Waals surface area contributed by atoms with E-state index >= 15 is 0 Å². The van der Waals surface area contributed by atoms with Gasteiger partial charge >= 0.3 is 0 Å². The fourth-order valence-corrected chi connectivity index (χ4v) is 2.54. The third kappa shape index (κ3) is 2.17. The number of amides is 1. The summed E-state index contributed by atoms with van der Waals surface area (Å²) in [5.41, 5.74) is 0.421. The van der Waals surface area contributed by atoms with E-state index in [1.54, 1.807) is 12.3 Å². The van der Waals surface area contributed by atoms with Crippen molar-refractivity contribution in [3.05, 3.63) is 22.3 Å². The zero-order chi connectivity index (χ0) is 11.7. The van der Waals surface area contributed by atoms with E-state index in [-0.39, 0.29) is 10.7 Å². The molecule has 1 aromatic heterocycles. The van der Waals surface area contributed by atoms with Crippen LogP contribution in [0.4, 0.5) is 5.82 Å². The van der Waals surface area contributed by atoms with Gasteiger partial charge in [-0.3, -0.25) is 14.5 Å². The average molecular weight is 348 g/mol. The lowest BCUT2D eigenvalue weighted by Gasteiger charge is -2.16. The van der Waals surface area contributed by atoms with Gasteiger partial charge in [0.05, 0.1) is 5.56 Å². The van der Waals surface area contributed by atoms with Gasteiger partial charge in [0, 0.05) is 28.5 Å². The molecule has 1 aliphatic rings. The second kappa shape index (κ2) is 4.63. The van der Waals surface area contributed by atoms with Crippen molar-refractivity contribution in [2.75, 3.05) is 11.4 Å². The van der Waals surface area contributed by atoms with E-state index in [1.165, 1.54) is 4.90 Å². The van der Waals surface area contributed by atoms with Crippen molar-refractivity contribution in [1.82, 2.24) is 4.98 Å². The zero-order valence-corrected chi connectivity index (χ0v) is 11.4. The summed E-state index contributed by atoms with van der Waals surface area (Å²) in [6.07, 6.45) is 2.73. The summed E-state index contributed by atoms with van der Waals surface area (Å²) in [6.45, 7) is 0.550. The largest absolute Gasteiger partial charge is 0.298 e. The minimum Gasteiger partial charge on any atom is -0.298 e. The van der Waals surface area contributed by atoms with Crippen LogP contribution in [-0.2, 0) is 4.79 Å². The molecule has 6 heteroatoms. The molecule has 1 amide bonds. The molecule has 1 fully saturated rings. The molecule has 4 nitrogen and oxygen atoms in total. The van der Waals surface area contributed by atoms with Crippen molar-refractivity contribution in [3.8, 4) is 0 Å². The molecule has 0 N–H and O–H groups in total. The van der Waals surface area contributed by atoms with Gasteiger partial charge in [-0.25, -0.2) is 4.98 Å². The van der Waals surface area contributed by atoms with Crippen molar-refractivity contribution in [1.29, 1.82) is 0 Å². The molecule has 0 spiro atoms. The second-order valence-corrected chi connectivity index (χ2v) is 5.70. The van der Waals surface area contributed by atoms with E-state index < -0.39 is 0 Å². The van der Waals surface area contributed by atoms with E-state index in [9.17, 15) is 9.59 Å². The van der Waals surface area contributed by atoms with E-state index in [0.29, 0.717) is 30.6 Å². The normalized spacial score (nSPS) is 20.2. The van der Waals surface area contributed by atoms with Crippen molar-refractivity contribution < 1.29 is 9.59 Å². The van der Waals surface area contributed by atoms with Crippen LogP contribution in [0.25, 0.3) is 0 Å². The van der Waals surface area contributed by atoms with E-state index in [1.807, 2.05) is 0 Å². The Balaban J connectivity index is 2.40. The molecule has 0 aliphatic carbocycles. The number of aromatic nitrogens is 1. The molecule has 0 aromatic carbocycles. The number of halogens is 2. The summed E-state index contributed by atoms with van der Waals surface area (Å²) >= 11 is 6.63. The third-order valence-electron chi connectivity index (χ3n) is 2.32. The van der Waals surface area contributed by atoms with Gasteiger partial charge in [-0.15, -0.1) is 0 Å². The quantitative estimate of drug-likeness (QED) is 0.608. The van der Waals surface area contributed by atoms with Crippen LogP contribution in [0.15, 0.2) is 16.7 Å². The Morgan fingerprint density at radius 1 is 1.56 bits per heavy atom. The summed E-state index contributed by atoms with van der Waals surface area (Å²) in [4.78, 5) is 28.4. The molecule has 0 saturated carbocycles. The van der Waals surface area contributed by atoms with Crippen LogP contribution in [0.2, 0.25) is 0 Å². The van der Waals surface area contributed by atoms with Crippen molar-refractivity contribution >= 4 is 49.9 Å². The SMILES string of the molecule is O=Cc1cc(Br)cnc1N1CC(Br)CC1=O. The minimum atomic E-state index is -0.0141. The Morgan fingerprint density at radius 3 is 2.88 bits per heavy atom. The maximum atomic E-state index is 11.7. The number of hydrogen-bond donors (Lipinski definition) is 0. The lowest BCUT2D eigenvalue weighted by Crippen LogP contribution is -2.26. The Kier molecular flexibility index (Phi) is 3.39. The van der Waals surface area contributed by atoms with Gasteiger partial charge in [0.1, 0.15) is 5.82 Å². The summed E-state index contributed by atoms with van der Waals surface area (Å²) in [5, 5.41) is 0. The fraction of sp³-hybridized carbons (Fsp3) is 0.300. The first-order valence-electron chi connectivity index (χ1n) is 4.67. The van der Waals surface area contributed by atoms with Gasteiger partial charge in [0.25, 0.3) is 0 Å². The van der Waals surface area contributed by atoms with Crippen LogP contribution in [0, 0.1) is 0 Å². The van der Waals surface area contributed by atoms with Gasteiger partial charge in [-0.05, 0) is 22.0 Å². The number of carbonyl (C=O) groups is 2. The predicted octanol–water partition coefficient (Wildman–Crippen LogP) is 2.16. The van der Waals surface area contributed by atoms with Crippen LogP contribution in [0.5, 0.6) is 0 Å². The minimum absolute atomic E-state index is 0.0141. The Bertz CT molecular complexity index is 450. The average Bonchev–Trinajstić information content (AvgIpc) is 2.57. The number of hydrogen-bond acceptors (Lipinski definition) is 3. The molecule has 1 unspecified atom stereocenters. The first kappa shape index (κ1) is 11.7. The molecular weight excluding hydrogens is 340 g/mol. The Hall–Kier alpha value is -0.750. The number of pyridine rings is 1. The van der Waals surface area contributed by atoms with Crippen LogP contribution in [0.1, 0.15) is 16.8 Å². The number of nitrogens with zero attached hydrogens (tertiary/aromatic N) is 2. The monoisotopic (exact) mass is 346 g/mol. The molecule has 16 heavy (non-hydrogen) atoms. The highest BCUT2D eigenvalue weighted by Gasteiger charge is 2.30. The van der Waals surface area contributed by atoms with Crippen LogP contribution < -0.4 is 4.90 Å². The molecule has 0 bridgehead atoms. The van der Waals surface area contributed by atoms with Gasteiger partial charge in [-0.2, -0.15) is 0 Å². The Morgan fingerprint density at radius 2 is 2.31 bits per heavy atom. The smallest absolute Gasteiger partial charge is 0.229 e. The number of carbonyl (C=O) groups excluding carboxylic acids is 2. The lowest BCUT2D eigenvalue weighted by molar-refractivity contribution is -0.117. The van der Waals surface area contributed by atoms with Gasteiger partial charge in [0.15, 0.2) is 6.29 Å². The maximum absolute atomic E-state index is 11.7. The Labute approximate surface area is 109 Å². The molecule has 0 radical (unpaired) electrons. The van der Waals surface area contributed by atoms with Gasteiger partial charge in [-0.1, -0.05) is 15.9 Å². The lowest BCUT2D eigenvalue weighted by atomic mass is 10.2. The third-order valence-corrected chi connectivity index (χ3v) is 3.37. The highest BCUT2D eigenvalue weighted by atomic mass is 79.9. The molecule has 1 saturated heterocycles. The summed E-state index contributed by atoms with van der Waals surface area (Å²) in [7, 11) is 0. The second-order valence-electron chi connectivity index (χ2n) is 3.49. The van der Waals surface area contributed by atoms with E-state index in [2.05, 4.69) is 36.8 Å². The molecular formula is C10H8Br2N2O2. The zero-order valence-electron chi connectivity index (χ0n) is 8.19. The molecule has 84 valence electrons. The number of rotatable bonds is 2. The van der Waals surface area contributed by atoms with Crippen LogP contribution >= 0.6 is 31.9 Å². The van der Waals surface area contributed by atoms with E-state index in [0.717, 1.165) is 4.47 Å². The number of aldehydes is 1. The van der Waals surface area contributed by atoms with Gasteiger partial charge in [0.2, 0.25) is 5.91 Å². The summed E-state index contributed by atoms with van der Waals surface area (Å²) in [5.74, 6) is 0.421. The highest BCUT2D eigenvalue weighted by molar-refractivity contribution is 9.10. The maximum Gasteiger partial charge on any atom is 0.229 e. The van der Waals surface area contributed by atoms with Crippen LogP contribution in [-0.4, -0.2) is 28.5 Å². The standard InChI is InChI=1S/C10H8Br2N2O2/c11-7-1-6(5-15)10(13-3-7)14-4-8(12)2-9(14)16/h1,3,5,8H,2,4H2. The summed E-state index contributed by atoms with van der Waals surface area (Å²) in [6, 6.07) is 1.66. The number of anilines is 1. The van der Waals surface area contributed by atoms with Crippen LogP contribution in [0.3, 0.4) is 0 Å². The fourth-order valence-electron chi connectivity index (χ4n) is 1.63. The predicted molar refractivity (Wildman–Crippen MR) is 67.0 cm³/mol. The molecule has 1 aliphatic heterocycles. The molecule has 1 atom stereocenters. The summed E-state index contributed by atoms with van der Waals surface area (Å²) < 4.78 is 0.723. The highest BCUT2D eigenvalue weighted by Crippen LogP contribution is 2.27. The molecule has 2 heterocycles. The van der Waals surface area contributed by atoms with Gasteiger partial charge < -0.3 is 0 Å². The number of alkyl halides is 1. The van der Waals surface area contributed by atoms with Crippen molar-refractivity contribution in [2.45, 2.75) is 11.2 Å². The van der Waals surface area contributed by atoms with E-state index in [4.69, 9.17) is 0 Å². The first-order chi connectivity index (χ1) is 7.61. The van der Waals surface area contributed by atoms with Crippen molar-refractivity contribution in [2.24, 2.45) is 0 Å². The molecule has 2 rings (SSSR count).